The highest BCUT2D eigenvalue weighted by Gasteiger charge is 2.38. The second kappa shape index (κ2) is 5.83. The molecule has 0 saturated carbocycles. The van der Waals surface area contributed by atoms with Crippen LogP contribution >= 0.6 is 0 Å². The molecule has 1 N–H and O–H groups in total. The number of anilines is 1. The summed E-state index contributed by atoms with van der Waals surface area (Å²) in [6.45, 7) is 9.58. The molecule has 1 atom stereocenters. The van der Waals surface area contributed by atoms with Gasteiger partial charge < -0.3 is 15.0 Å². The van der Waals surface area contributed by atoms with Gasteiger partial charge in [0.1, 0.15) is 5.75 Å². The van der Waals surface area contributed by atoms with Gasteiger partial charge in [0.25, 0.3) is 0 Å². The second-order valence-corrected chi connectivity index (χ2v) is 5.95. The van der Waals surface area contributed by atoms with Crippen LogP contribution in [-0.2, 0) is 0 Å². The highest BCUT2D eigenvalue weighted by molar-refractivity contribution is 5.61. The number of hydrogen-bond donors (Lipinski definition) is 1. The van der Waals surface area contributed by atoms with Crippen molar-refractivity contribution in [3.8, 4) is 5.75 Å². The molecule has 1 aliphatic rings. The summed E-state index contributed by atoms with van der Waals surface area (Å²) in [5.41, 5.74) is 1.42. The number of nitrogens with one attached hydrogen (secondary N) is 1. The summed E-state index contributed by atoms with van der Waals surface area (Å²) in [6.07, 6.45) is 1.22. The second-order valence-electron chi connectivity index (χ2n) is 5.95. The van der Waals surface area contributed by atoms with Crippen molar-refractivity contribution in [3.63, 3.8) is 0 Å². The minimum Gasteiger partial charge on any atom is -0.492 e. The maximum Gasteiger partial charge on any atom is 0.142 e. The minimum atomic E-state index is 0.189. The van der Waals surface area contributed by atoms with E-state index < -0.39 is 0 Å². The molecule has 1 aliphatic heterocycles. The standard InChI is InChI=1S/C16H26N2O/c1-5-19-15-9-7-6-8-14(15)18-12-13(11-17-4)10-16(18,2)3/h6-9,13,17H,5,10-12H2,1-4H3. The number of ether oxygens (including phenoxy) is 1. The number of nitrogens with zero attached hydrogens (tertiary/aromatic N) is 1. The lowest BCUT2D eigenvalue weighted by atomic mass is 9.96. The maximum atomic E-state index is 5.78. The first-order valence-electron chi connectivity index (χ1n) is 7.22. The Bertz CT molecular complexity index is 417. The fraction of sp³-hybridized carbons (Fsp3) is 0.625. The van der Waals surface area contributed by atoms with Crippen LogP contribution in [0.1, 0.15) is 27.2 Å². The van der Waals surface area contributed by atoms with Crippen molar-refractivity contribution in [2.75, 3.05) is 31.6 Å². The molecule has 3 nitrogen and oxygen atoms in total. The Morgan fingerprint density at radius 3 is 2.79 bits per heavy atom. The van der Waals surface area contributed by atoms with Crippen molar-refractivity contribution in [2.45, 2.75) is 32.7 Å². The average molecular weight is 262 g/mol. The minimum absolute atomic E-state index is 0.189. The first kappa shape index (κ1) is 14.2. The van der Waals surface area contributed by atoms with Gasteiger partial charge in [-0.3, -0.25) is 0 Å². The summed E-state index contributed by atoms with van der Waals surface area (Å²) < 4.78 is 5.78. The molecule has 1 aromatic carbocycles. The van der Waals surface area contributed by atoms with E-state index >= 15 is 0 Å². The van der Waals surface area contributed by atoms with E-state index in [-0.39, 0.29) is 5.54 Å². The van der Waals surface area contributed by atoms with Crippen LogP contribution in [0.15, 0.2) is 24.3 Å². The normalized spacial score (nSPS) is 21.7. The zero-order valence-corrected chi connectivity index (χ0v) is 12.6. The number of hydrogen-bond acceptors (Lipinski definition) is 3. The van der Waals surface area contributed by atoms with Gasteiger partial charge >= 0.3 is 0 Å². The number of para-hydroxylation sites is 2. The molecular formula is C16H26N2O. The van der Waals surface area contributed by atoms with Gasteiger partial charge in [0.05, 0.1) is 12.3 Å². The molecule has 3 heteroatoms. The molecule has 1 heterocycles. The molecule has 0 spiro atoms. The Morgan fingerprint density at radius 1 is 1.37 bits per heavy atom. The van der Waals surface area contributed by atoms with E-state index in [4.69, 9.17) is 4.74 Å². The largest absolute Gasteiger partial charge is 0.492 e. The van der Waals surface area contributed by atoms with Gasteiger partial charge in [-0.1, -0.05) is 12.1 Å². The van der Waals surface area contributed by atoms with Gasteiger partial charge in [-0.25, -0.2) is 0 Å². The molecule has 1 aromatic rings. The molecular weight excluding hydrogens is 236 g/mol. The Hall–Kier alpha value is -1.22. The van der Waals surface area contributed by atoms with E-state index in [1.54, 1.807) is 0 Å². The first-order valence-corrected chi connectivity index (χ1v) is 7.22. The van der Waals surface area contributed by atoms with Crippen LogP contribution in [-0.4, -0.2) is 32.3 Å². The lowest BCUT2D eigenvalue weighted by Gasteiger charge is -2.34. The monoisotopic (exact) mass is 262 g/mol. The van der Waals surface area contributed by atoms with E-state index in [2.05, 4.69) is 42.3 Å². The molecule has 106 valence electrons. The lowest BCUT2D eigenvalue weighted by molar-refractivity contribution is 0.338. The fourth-order valence-electron chi connectivity index (χ4n) is 3.19. The van der Waals surface area contributed by atoms with Gasteiger partial charge in [-0.2, -0.15) is 0 Å². The van der Waals surface area contributed by atoms with Crippen LogP contribution in [0.4, 0.5) is 5.69 Å². The predicted octanol–water partition coefficient (Wildman–Crippen LogP) is 2.91. The Balaban J connectivity index is 2.25. The molecule has 0 radical (unpaired) electrons. The zero-order chi connectivity index (χ0) is 13.9. The summed E-state index contributed by atoms with van der Waals surface area (Å²) in [5, 5.41) is 3.30. The number of benzene rings is 1. The third kappa shape index (κ3) is 3.03. The van der Waals surface area contributed by atoms with E-state index in [0.717, 1.165) is 18.8 Å². The third-order valence-electron chi connectivity index (χ3n) is 3.91. The van der Waals surface area contributed by atoms with E-state index in [0.29, 0.717) is 12.5 Å². The lowest BCUT2D eigenvalue weighted by Crippen LogP contribution is -2.38. The van der Waals surface area contributed by atoms with Gasteiger partial charge in [-0.05, 0) is 58.8 Å². The van der Waals surface area contributed by atoms with Crippen molar-refractivity contribution < 1.29 is 4.74 Å². The molecule has 1 saturated heterocycles. The molecule has 0 aromatic heterocycles. The summed E-state index contributed by atoms with van der Waals surface area (Å²) in [4.78, 5) is 2.50. The third-order valence-corrected chi connectivity index (χ3v) is 3.91. The summed E-state index contributed by atoms with van der Waals surface area (Å²) in [6, 6.07) is 8.39. The first-order chi connectivity index (χ1) is 9.08. The topological polar surface area (TPSA) is 24.5 Å². The molecule has 1 fully saturated rings. The van der Waals surface area contributed by atoms with Crippen LogP contribution in [0.3, 0.4) is 0 Å². The number of rotatable bonds is 5. The Morgan fingerprint density at radius 2 is 2.11 bits per heavy atom. The van der Waals surface area contributed by atoms with Crippen LogP contribution in [0.2, 0.25) is 0 Å². The fourth-order valence-corrected chi connectivity index (χ4v) is 3.19. The smallest absolute Gasteiger partial charge is 0.142 e. The van der Waals surface area contributed by atoms with E-state index in [9.17, 15) is 0 Å². The van der Waals surface area contributed by atoms with E-state index in [1.807, 2.05) is 20.0 Å². The zero-order valence-electron chi connectivity index (χ0n) is 12.6. The quantitative estimate of drug-likeness (QED) is 0.883. The molecule has 0 amide bonds. The van der Waals surface area contributed by atoms with Crippen molar-refractivity contribution >= 4 is 5.69 Å². The van der Waals surface area contributed by atoms with Gasteiger partial charge in [-0.15, -0.1) is 0 Å². The molecule has 2 rings (SSSR count). The van der Waals surface area contributed by atoms with Crippen molar-refractivity contribution in [1.82, 2.24) is 5.32 Å². The Kier molecular flexibility index (Phi) is 4.35. The van der Waals surface area contributed by atoms with E-state index in [1.165, 1.54) is 12.1 Å². The summed E-state index contributed by atoms with van der Waals surface area (Å²) in [7, 11) is 2.03. The SMILES string of the molecule is CCOc1ccccc1N1CC(CNC)CC1(C)C. The summed E-state index contributed by atoms with van der Waals surface area (Å²) in [5.74, 6) is 1.71. The molecule has 0 bridgehead atoms. The average Bonchev–Trinajstić information content (AvgIpc) is 2.66. The van der Waals surface area contributed by atoms with Crippen LogP contribution < -0.4 is 15.0 Å². The molecule has 1 unspecified atom stereocenters. The van der Waals surface area contributed by atoms with Gasteiger partial charge in [0, 0.05) is 12.1 Å². The molecule has 0 aliphatic carbocycles. The van der Waals surface area contributed by atoms with Crippen LogP contribution in [0, 0.1) is 5.92 Å². The maximum absolute atomic E-state index is 5.78. The Labute approximate surface area is 116 Å². The van der Waals surface area contributed by atoms with Crippen LogP contribution in [0.25, 0.3) is 0 Å². The predicted molar refractivity (Wildman–Crippen MR) is 81.1 cm³/mol. The van der Waals surface area contributed by atoms with Crippen molar-refractivity contribution in [1.29, 1.82) is 0 Å². The van der Waals surface area contributed by atoms with Crippen molar-refractivity contribution in [2.24, 2.45) is 5.92 Å². The van der Waals surface area contributed by atoms with Gasteiger partial charge in [0.15, 0.2) is 0 Å². The van der Waals surface area contributed by atoms with Crippen molar-refractivity contribution in [3.05, 3.63) is 24.3 Å². The van der Waals surface area contributed by atoms with Crippen LogP contribution in [0.5, 0.6) is 5.75 Å². The van der Waals surface area contributed by atoms with Gasteiger partial charge in [0.2, 0.25) is 0 Å². The summed E-state index contributed by atoms with van der Waals surface area (Å²) >= 11 is 0. The highest BCUT2D eigenvalue weighted by Crippen LogP contribution is 2.40. The highest BCUT2D eigenvalue weighted by atomic mass is 16.5. The molecule has 19 heavy (non-hydrogen) atoms.